The fourth-order valence-corrected chi connectivity index (χ4v) is 4.34. The zero-order chi connectivity index (χ0) is 23.2. The Labute approximate surface area is 197 Å². The third-order valence-electron chi connectivity index (χ3n) is 5.65. The van der Waals surface area contributed by atoms with Gasteiger partial charge in [0.25, 0.3) is 0 Å². The van der Waals surface area contributed by atoms with E-state index in [4.69, 9.17) is 22.1 Å². The number of carboxylic acids is 1. The maximum Gasteiger partial charge on any atom is 0.407 e. The second-order valence-electron chi connectivity index (χ2n) is 7.82. The number of fused-ring (bicyclic) bond motifs is 3. The van der Waals surface area contributed by atoms with Crippen LogP contribution in [0.4, 0.5) is 4.79 Å². The third kappa shape index (κ3) is 5.38. The molecule has 1 aliphatic rings. The van der Waals surface area contributed by atoms with Crippen molar-refractivity contribution < 1.29 is 19.4 Å². The van der Waals surface area contributed by atoms with Gasteiger partial charge in [0.15, 0.2) is 0 Å². The number of hydrogen-bond donors (Lipinski definition) is 3. The number of carboxylic acid groups (broad SMARTS) is 1. The molecule has 7 heteroatoms. The first-order chi connectivity index (χ1) is 16.0. The number of aliphatic carboxylic acids is 1. The summed E-state index contributed by atoms with van der Waals surface area (Å²) in [7, 11) is 0. The van der Waals surface area contributed by atoms with Crippen LogP contribution in [0.1, 0.15) is 22.6 Å². The maximum absolute atomic E-state index is 12.7. The number of amides is 1. The Hall–Kier alpha value is -3.71. The monoisotopic (exact) mass is 460 g/mol. The van der Waals surface area contributed by atoms with Gasteiger partial charge in [-0.05, 0) is 34.2 Å². The molecule has 3 aromatic carbocycles. The molecule has 4 rings (SSSR count). The quantitative estimate of drug-likeness (QED) is 0.438. The standard InChI is InChI=1S/C26H24N2O4S/c29-24(30)15-27-25(33)23(14-17-8-2-1-3-9-17)28-26(31)32-16-22-20-12-6-4-10-18(20)19-11-5-7-13-21(19)22/h1-13,22-23H,14-16H2,(H,27,33)(H,28,31)(H,29,30)/t23-/m0/s1. The maximum atomic E-state index is 12.7. The fraction of sp³-hybridized carbons (Fsp3) is 0.192. The van der Waals surface area contributed by atoms with Crippen LogP contribution in [0.5, 0.6) is 0 Å². The molecule has 3 aromatic rings. The first-order valence-electron chi connectivity index (χ1n) is 10.7. The summed E-state index contributed by atoms with van der Waals surface area (Å²) in [6, 6.07) is 25.2. The Kier molecular flexibility index (Phi) is 7.00. The number of carbonyl (C=O) groups is 2. The molecule has 0 spiro atoms. The van der Waals surface area contributed by atoms with Crippen molar-refractivity contribution in [1.82, 2.24) is 10.6 Å². The Morgan fingerprint density at radius 1 is 0.909 bits per heavy atom. The summed E-state index contributed by atoms with van der Waals surface area (Å²) in [5.74, 6) is -1.08. The van der Waals surface area contributed by atoms with Crippen LogP contribution < -0.4 is 10.6 Å². The van der Waals surface area contributed by atoms with E-state index in [2.05, 4.69) is 34.9 Å². The van der Waals surface area contributed by atoms with Gasteiger partial charge in [0, 0.05) is 5.92 Å². The molecular formula is C26H24N2O4S. The van der Waals surface area contributed by atoms with E-state index < -0.39 is 18.1 Å². The fourth-order valence-electron chi connectivity index (χ4n) is 4.13. The van der Waals surface area contributed by atoms with Gasteiger partial charge in [-0.2, -0.15) is 0 Å². The van der Waals surface area contributed by atoms with Crippen LogP contribution in [0, 0.1) is 0 Å². The van der Waals surface area contributed by atoms with Crippen LogP contribution in [0.2, 0.25) is 0 Å². The van der Waals surface area contributed by atoms with Crippen molar-refractivity contribution in [2.45, 2.75) is 18.4 Å². The van der Waals surface area contributed by atoms with Crippen molar-refractivity contribution in [2.24, 2.45) is 0 Å². The van der Waals surface area contributed by atoms with Gasteiger partial charge >= 0.3 is 12.1 Å². The van der Waals surface area contributed by atoms with Gasteiger partial charge in [-0.15, -0.1) is 0 Å². The zero-order valence-electron chi connectivity index (χ0n) is 17.9. The zero-order valence-corrected chi connectivity index (χ0v) is 18.7. The number of thiocarbonyl (C=S) groups is 1. The summed E-state index contributed by atoms with van der Waals surface area (Å²) in [6.45, 7) is -0.135. The largest absolute Gasteiger partial charge is 0.480 e. The van der Waals surface area contributed by atoms with Crippen molar-refractivity contribution in [3.05, 3.63) is 95.6 Å². The van der Waals surface area contributed by atoms with Crippen LogP contribution in [0.3, 0.4) is 0 Å². The molecule has 0 aliphatic heterocycles. The average molecular weight is 461 g/mol. The summed E-state index contributed by atoms with van der Waals surface area (Å²) in [5.41, 5.74) is 5.53. The van der Waals surface area contributed by atoms with E-state index in [0.717, 1.165) is 27.8 Å². The van der Waals surface area contributed by atoms with Gasteiger partial charge in [-0.1, -0.05) is 91.1 Å². The number of ether oxygens (including phenoxy) is 1. The Bertz CT molecular complexity index is 1120. The van der Waals surface area contributed by atoms with Gasteiger partial charge in [0.1, 0.15) is 13.2 Å². The molecule has 0 heterocycles. The van der Waals surface area contributed by atoms with Crippen LogP contribution in [-0.2, 0) is 16.0 Å². The van der Waals surface area contributed by atoms with Gasteiger partial charge in [-0.25, -0.2) is 4.79 Å². The summed E-state index contributed by atoms with van der Waals surface area (Å²) in [5, 5.41) is 14.4. The van der Waals surface area contributed by atoms with Gasteiger partial charge in [-0.3, -0.25) is 4.79 Å². The summed E-state index contributed by atoms with van der Waals surface area (Å²) in [4.78, 5) is 23.9. The molecule has 0 saturated carbocycles. The normalized spacial score (nSPS) is 12.8. The average Bonchev–Trinajstić information content (AvgIpc) is 3.15. The molecule has 3 N–H and O–H groups in total. The first-order valence-corrected chi connectivity index (χ1v) is 11.1. The van der Waals surface area contributed by atoms with Crippen LogP contribution in [0.25, 0.3) is 11.1 Å². The van der Waals surface area contributed by atoms with Gasteiger partial charge in [0.05, 0.1) is 11.0 Å². The second kappa shape index (κ2) is 10.3. The summed E-state index contributed by atoms with van der Waals surface area (Å²) in [6.07, 6.45) is -0.187. The van der Waals surface area contributed by atoms with Crippen LogP contribution >= 0.6 is 12.2 Å². The third-order valence-corrected chi connectivity index (χ3v) is 6.08. The molecule has 1 aliphatic carbocycles. The van der Waals surface area contributed by atoms with Crippen molar-refractivity contribution in [1.29, 1.82) is 0 Å². The lowest BCUT2D eigenvalue weighted by Crippen LogP contribution is -2.48. The molecule has 0 fully saturated rings. The highest BCUT2D eigenvalue weighted by Crippen LogP contribution is 2.44. The van der Waals surface area contributed by atoms with E-state index in [9.17, 15) is 9.59 Å². The number of nitrogens with one attached hydrogen (secondary N) is 2. The Morgan fingerprint density at radius 2 is 1.48 bits per heavy atom. The van der Waals surface area contributed by atoms with Crippen molar-refractivity contribution in [3.63, 3.8) is 0 Å². The smallest absolute Gasteiger partial charge is 0.407 e. The number of rotatable bonds is 8. The topological polar surface area (TPSA) is 87.7 Å². The Balaban J connectivity index is 1.44. The van der Waals surface area contributed by atoms with Crippen LogP contribution in [0.15, 0.2) is 78.9 Å². The predicted octanol–water partition coefficient (Wildman–Crippen LogP) is 4.14. The molecule has 33 heavy (non-hydrogen) atoms. The minimum absolute atomic E-state index is 0.0483. The molecule has 0 radical (unpaired) electrons. The summed E-state index contributed by atoms with van der Waals surface area (Å²) < 4.78 is 5.63. The van der Waals surface area contributed by atoms with E-state index >= 15 is 0 Å². The predicted molar refractivity (Wildman–Crippen MR) is 130 cm³/mol. The van der Waals surface area contributed by atoms with E-state index in [1.807, 2.05) is 54.6 Å². The number of alkyl carbamates (subject to hydrolysis) is 1. The summed E-state index contributed by atoms with van der Waals surface area (Å²) >= 11 is 5.36. The molecule has 0 unspecified atom stereocenters. The van der Waals surface area contributed by atoms with Gasteiger partial charge in [0.2, 0.25) is 0 Å². The molecule has 6 nitrogen and oxygen atoms in total. The number of carbonyl (C=O) groups excluding carboxylic acids is 1. The van der Waals surface area contributed by atoms with E-state index in [1.54, 1.807) is 0 Å². The molecule has 1 amide bonds. The molecule has 1 atom stereocenters. The van der Waals surface area contributed by atoms with E-state index in [-0.39, 0.29) is 24.1 Å². The van der Waals surface area contributed by atoms with E-state index in [1.165, 1.54) is 0 Å². The highest BCUT2D eigenvalue weighted by Gasteiger charge is 2.29. The minimum atomic E-state index is -1.03. The van der Waals surface area contributed by atoms with E-state index in [0.29, 0.717) is 6.42 Å². The molecule has 0 saturated heterocycles. The lowest BCUT2D eigenvalue weighted by atomic mass is 9.98. The molecule has 0 bridgehead atoms. The lowest BCUT2D eigenvalue weighted by Gasteiger charge is -2.21. The number of hydrogen-bond acceptors (Lipinski definition) is 4. The molecule has 0 aromatic heterocycles. The van der Waals surface area contributed by atoms with Gasteiger partial charge < -0.3 is 20.5 Å². The van der Waals surface area contributed by atoms with Crippen LogP contribution in [-0.4, -0.2) is 41.4 Å². The Morgan fingerprint density at radius 3 is 2.09 bits per heavy atom. The first kappa shape index (κ1) is 22.5. The van der Waals surface area contributed by atoms with Crippen molar-refractivity contribution >= 4 is 29.3 Å². The second-order valence-corrected chi connectivity index (χ2v) is 8.26. The number of benzene rings is 3. The highest BCUT2D eigenvalue weighted by molar-refractivity contribution is 7.80. The molecule has 168 valence electrons. The highest BCUT2D eigenvalue weighted by atomic mass is 32.1. The minimum Gasteiger partial charge on any atom is -0.480 e. The lowest BCUT2D eigenvalue weighted by molar-refractivity contribution is -0.135. The van der Waals surface area contributed by atoms with Crippen molar-refractivity contribution in [2.75, 3.05) is 13.2 Å². The van der Waals surface area contributed by atoms with Crippen molar-refractivity contribution in [3.8, 4) is 11.1 Å². The molecular weight excluding hydrogens is 436 g/mol. The SMILES string of the molecule is O=C(O)CNC(=S)[C@H](Cc1ccccc1)NC(=O)OCC1c2ccccc2-c2ccccc21.